The van der Waals surface area contributed by atoms with E-state index in [0.29, 0.717) is 17.9 Å². The first-order valence-corrected chi connectivity index (χ1v) is 14.0. The highest BCUT2D eigenvalue weighted by Gasteiger charge is 2.18. The molecule has 204 valence electrons. The van der Waals surface area contributed by atoms with Crippen LogP contribution < -0.4 is 20.3 Å². The number of hydrogen-bond donors (Lipinski definition) is 2. The molecule has 0 atom stereocenters. The van der Waals surface area contributed by atoms with Gasteiger partial charge in [0.1, 0.15) is 12.4 Å². The average molecular weight is 571 g/mol. The van der Waals surface area contributed by atoms with Crippen molar-refractivity contribution in [2.45, 2.75) is 13.2 Å². The van der Waals surface area contributed by atoms with Crippen molar-refractivity contribution in [1.29, 1.82) is 0 Å². The fraction of sp³-hybridized carbons (Fsp3) is 0.188. The van der Waals surface area contributed by atoms with Gasteiger partial charge in [0.2, 0.25) is 0 Å². The Morgan fingerprint density at radius 1 is 0.850 bits per heavy atom. The zero-order chi connectivity index (χ0) is 27.7. The lowest BCUT2D eigenvalue weighted by molar-refractivity contribution is 0.0977. The van der Waals surface area contributed by atoms with Crippen LogP contribution in [0.3, 0.4) is 0 Å². The summed E-state index contributed by atoms with van der Waals surface area (Å²) in [4.78, 5) is 17.6. The minimum Gasteiger partial charge on any atom is -0.489 e. The third-order valence-corrected chi connectivity index (χ3v) is 7.36. The van der Waals surface area contributed by atoms with E-state index >= 15 is 0 Å². The summed E-state index contributed by atoms with van der Waals surface area (Å²) in [6, 6.07) is 33.1. The Balaban J connectivity index is 1.08. The first-order chi connectivity index (χ1) is 19.5. The number of ether oxygens (including phenoxy) is 1. The number of nitrogens with one attached hydrogen (secondary N) is 2. The van der Waals surface area contributed by atoms with E-state index in [1.54, 1.807) is 18.2 Å². The molecule has 0 bridgehead atoms. The van der Waals surface area contributed by atoms with E-state index in [1.165, 1.54) is 5.56 Å². The molecule has 6 nitrogen and oxygen atoms in total. The lowest BCUT2D eigenvalue weighted by Gasteiger charge is -2.36. The van der Waals surface area contributed by atoms with Crippen LogP contribution in [0.4, 0.5) is 11.4 Å². The van der Waals surface area contributed by atoms with Crippen molar-refractivity contribution in [1.82, 2.24) is 10.2 Å². The number of nitrogens with zero attached hydrogens (tertiary/aromatic N) is 2. The molecule has 1 aliphatic rings. The summed E-state index contributed by atoms with van der Waals surface area (Å²) in [6.07, 6.45) is 0. The second kappa shape index (κ2) is 13.4. The van der Waals surface area contributed by atoms with Crippen molar-refractivity contribution >= 4 is 46.2 Å². The van der Waals surface area contributed by atoms with Gasteiger partial charge in [-0.2, -0.15) is 0 Å². The number of amides is 1. The molecule has 40 heavy (non-hydrogen) atoms. The van der Waals surface area contributed by atoms with Gasteiger partial charge in [-0.05, 0) is 71.9 Å². The predicted octanol–water partition coefficient (Wildman–Crippen LogP) is 6.37. The molecule has 0 aliphatic carbocycles. The Labute approximate surface area is 245 Å². The molecule has 0 spiro atoms. The van der Waals surface area contributed by atoms with E-state index in [2.05, 4.69) is 38.6 Å². The van der Waals surface area contributed by atoms with Crippen molar-refractivity contribution in [3.8, 4) is 5.75 Å². The monoisotopic (exact) mass is 570 g/mol. The highest BCUT2D eigenvalue weighted by molar-refractivity contribution is 7.80. The average Bonchev–Trinajstić information content (AvgIpc) is 2.99. The molecule has 0 aromatic heterocycles. The molecular weight excluding hydrogens is 540 g/mol. The van der Waals surface area contributed by atoms with Gasteiger partial charge in [-0.3, -0.25) is 15.0 Å². The second-order valence-corrected chi connectivity index (χ2v) is 10.4. The van der Waals surface area contributed by atoms with Gasteiger partial charge in [0.25, 0.3) is 5.91 Å². The highest BCUT2D eigenvalue weighted by Crippen LogP contribution is 2.22. The highest BCUT2D eigenvalue weighted by atomic mass is 35.5. The molecule has 1 fully saturated rings. The summed E-state index contributed by atoms with van der Waals surface area (Å²) in [5, 5.41) is 6.92. The van der Waals surface area contributed by atoms with Crippen molar-refractivity contribution in [2.24, 2.45) is 0 Å². The van der Waals surface area contributed by atoms with E-state index in [1.807, 2.05) is 66.7 Å². The largest absolute Gasteiger partial charge is 0.489 e. The zero-order valence-corrected chi connectivity index (χ0v) is 23.6. The number of benzene rings is 4. The van der Waals surface area contributed by atoms with E-state index in [9.17, 15) is 4.79 Å². The zero-order valence-electron chi connectivity index (χ0n) is 22.1. The minimum absolute atomic E-state index is 0.238. The summed E-state index contributed by atoms with van der Waals surface area (Å²) in [7, 11) is 0. The standard InChI is InChI=1S/C32H31ClN4O2S/c33-30-12-5-4-9-26(30)22-36-17-19-37(20-18-36)28-15-13-27(14-16-28)34-32(40)35-31(38)25-10-6-11-29(21-25)39-23-24-7-2-1-3-8-24/h1-16,21H,17-20,22-23H2,(H2,34,35,38,40). The van der Waals surface area contributed by atoms with Gasteiger partial charge in [0.05, 0.1) is 0 Å². The number of rotatable bonds is 8. The van der Waals surface area contributed by atoms with Gasteiger partial charge in [0, 0.05) is 54.7 Å². The molecule has 5 rings (SSSR count). The van der Waals surface area contributed by atoms with E-state index in [4.69, 9.17) is 28.6 Å². The fourth-order valence-corrected chi connectivity index (χ4v) is 5.00. The van der Waals surface area contributed by atoms with Gasteiger partial charge in [0.15, 0.2) is 5.11 Å². The normalized spacial score (nSPS) is 13.5. The van der Waals surface area contributed by atoms with Crippen LogP contribution in [0.15, 0.2) is 103 Å². The van der Waals surface area contributed by atoms with Crippen LogP contribution >= 0.6 is 23.8 Å². The lowest BCUT2D eigenvalue weighted by atomic mass is 10.2. The Hall–Kier alpha value is -3.91. The number of thiocarbonyl (C=S) groups is 1. The molecule has 0 radical (unpaired) electrons. The third-order valence-electron chi connectivity index (χ3n) is 6.79. The Kier molecular flexibility index (Phi) is 9.29. The van der Waals surface area contributed by atoms with Crippen LogP contribution in [0.1, 0.15) is 21.5 Å². The molecule has 4 aromatic carbocycles. The molecule has 8 heteroatoms. The Morgan fingerprint density at radius 3 is 2.33 bits per heavy atom. The molecule has 2 N–H and O–H groups in total. The molecule has 1 heterocycles. The van der Waals surface area contributed by atoms with Crippen molar-refractivity contribution in [3.05, 3.63) is 125 Å². The number of piperazine rings is 1. The molecule has 0 unspecified atom stereocenters. The summed E-state index contributed by atoms with van der Waals surface area (Å²) in [5.74, 6) is 0.324. The third kappa shape index (κ3) is 7.60. The Bertz CT molecular complexity index is 1440. The Morgan fingerprint density at radius 2 is 1.57 bits per heavy atom. The van der Waals surface area contributed by atoms with Crippen molar-refractivity contribution in [2.75, 3.05) is 36.4 Å². The van der Waals surface area contributed by atoms with Crippen molar-refractivity contribution in [3.63, 3.8) is 0 Å². The van der Waals surface area contributed by atoms with Crippen LogP contribution in [0, 0.1) is 0 Å². The molecule has 1 amide bonds. The topological polar surface area (TPSA) is 56.8 Å². The van der Waals surface area contributed by atoms with E-state index < -0.39 is 0 Å². The van der Waals surface area contributed by atoms with E-state index in [0.717, 1.165) is 54.7 Å². The quantitative estimate of drug-likeness (QED) is 0.240. The molecule has 0 saturated carbocycles. The summed E-state index contributed by atoms with van der Waals surface area (Å²) < 4.78 is 5.84. The molecule has 1 aliphatic heterocycles. The summed E-state index contributed by atoms with van der Waals surface area (Å²) >= 11 is 11.7. The minimum atomic E-state index is -0.297. The van der Waals surface area contributed by atoms with Crippen LogP contribution in [-0.4, -0.2) is 42.1 Å². The molecular formula is C32H31ClN4O2S. The van der Waals surface area contributed by atoms with Crippen LogP contribution in [0.2, 0.25) is 5.02 Å². The number of anilines is 2. The number of hydrogen-bond acceptors (Lipinski definition) is 5. The maximum Gasteiger partial charge on any atom is 0.257 e. The maximum absolute atomic E-state index is 12.8. The molecule has 4 aromatic rings. The number of halogens is 1. The van der Waals surface area contributed by atoms with Gasteiger partial charge >= 0.3 is 0 Å². The van der Waals surface area contributed by atoms with E-state index in [-0.39, 0.29) is 11.0 Å². The number of carbonyl (C=O) groups excluding carboxylic acids is 1. The summed E-state index contributed by atoms with van der Waals surface area (Å²) in [5.41, 5.74) is 4.67. The number of carbonyl (C=O) groups is 1. The first-order valence-electron chi connectivity index (χ1n) is 13.2. The van der Waals surface area contributed by atoms with Gasteiger partial charge in [-0.15, -0.1) is 0 Å². The van der Waals surface area contributed by atoms with Crippen LogP contribution in [0.25, 0.3) is 0 Å². The second-order valence-electron chi connectivity index (χ2n) is 9.61. The van der Waals surface area contributed by atoms with Gasteiger partial charge < -0.3 is 15.0 Å². The predicted molar refractivity (Wildman–Crippen MR) is 166 cm³/mol. The van der Waals surface area contributed by atoms with Gasteiger partial charge in [-0.1, -0.05) is 66.2 Å². The van der Waals surface area contributed by atoms with Crippen LogP contribution in [-0.2, 0) is 13.2 Å². The van der Waals surface area contributed by atoms with Gasteiger partial charge in [-0.25, -0.2) is 0 Å². The summed E-state index contributed by atoms with van der Waals surface area (Å²) in [6.45, 7) is 5.13. The molecule has 1 saturated heterocycles. The maximum atomic E-state index is 12.8. The first kappa shape index (κ1) is 27.6. The van der Waals surface area contributed by atoms with Crippen LogP contribution in [0.5, 0.6) is 5.75 Å². The lowest BCUT2D eigenvalue weighted by Crippen LogP contribution is -2.46. The SMILES string of the molecule is O=C(NC(=S)Nc1ccc(N2CCN(Cc3ccccc3Cl)CC2)cc1)c1cccc(OCc2ccccc2)c1. The fourth-order valence-electron chi connectivity index (χ4n) is 4.59. The van der Waals surface area contributed by atoms with Crippen molar-refractivity contribution < 1.29 is 9.53 Å². The smallest absolute Gasteiger partial charge is 0.257 e.